The third-order valence-electron chi connectivity index (χ3n) is 2.53. The van der Waals surface area contributed by atoms with Crippen LogP contribution in [0.5, 0.6) is 17.4 Å². The molecule has 0 amide bonds. The number of nitrogens with one attached hydrogen (secondary N) is 1. The molecule has 1 heterocycles. The van der Waals surface area contributed by atoms with E-state index in [2.05, 4.69) is 22.2 Å². The third kappa shape index (κ3) is 3.85. The zero-order chi connectivity index (χ0) is 14.2. The number of nitrogens with zero attached hydrogens (tertiary/aromatic N) is 2. The highest BCUT2D eigenvalue weighted by atomic mass is 16.5. The number of hydrogen-bond acceptors (Lipinski definition) is 5. The Morgan fingerprint density at radius 2 is 1.90 bits per heavy atom. The molecule has 0 atom stereocenters. The van der Waals surface area contributed by atoms with Gasteiger partial charge in [0.2, 0.25) is 5.88 Å². The third-order valence-corrected chi connectivity index (χ3v) is 2.53. The first-order valence-corrected chi connectivity index (χ1v) is 6.79. The molecule has 5 heteroatoms. The lowest BCUT2D eigenvalue weighted by Gasteiger charge is -2.11. The number of benzene rings is 1. The minimum atomic E-state index is 0.489. The van der Waals surface area contributed by atoms with Gasteiger partial charge < -0.3 is 14.8 Å². The topological polar surface area (TPSA) is 56.3 Å². The van der Waals surface area contributed by atoms with E-state index < -0.39 is 0 Å². The van der Waals surface area contributed by atoms with E-state index in [-0.39, 0.29) is 0 Å². The van der Waals surface area contributed by atoms with Crippen molar-refractivity contribution in [2.45, 2.75) is 20.3 Å². The van der Waals surface area contributed by atoms with Crippen LogP contribution < -0.4 is 14.8 Å². The van der Waals surface area contributed by atoms with Crippen molar-refractivity contribution in [2.75, 3.05) is 18.5 Å². The van der Waals surface area contributed by atoms with E-state index >= 15 is 0 Å². The second-order valence-electron chi connectivity index (χ2n) is 4.17. The molecule has 0 aliphatic rings. The van der Waals surface area contributed by atoms with Gasteiger partial charge in [0.25, 0.3) is 0 Å². The normalized spacial score (nSPS) is 10.1. The van der Waals surface area contributed by atoms with Gasteiger partial charge in [-0.2, -0.15) is 0 Å². The van der Waals surface area contributed by atoms with Gasteiger partial charge in [-0.15, -0.1) is 0 Å². The van der Waals surface area contributed by atoms with Crippen LogP contribution >= 0.6 is 0 Å². The van der Waals surface area contributed by atoms with Crippen molar-refractivity contribution in [3.05, 3.63) is 36.7 Å². The molecule has 106 valence electrons. The first-order chi connectivity index (χ1) is 9.83. The van der Waals surface area contributed by atoms with Gasteiger partial charge in [-0.1, -0.05) is 19.1 Å². The Bertz CT molecular complexity index is 546. The SMILES string of the molecule is CCCOc1ccccc1Oc1cc(NCC)ncn1. The molecule has 0 aliphatic carbocycles. The van der Waals surface area contributed by atoms with Gasteiger partial charge in [0.1, 0.15) is 12.1 Å². The lowest BCUT2D eigenvalue weighted by Crippen LogP contribution is -2.01. The summed E-state index contributed by atoms with van der Waals surface area (Å²) in [5.41, 5.74) is 0. The maximum Gasteiger partial charge on any atom is 0.224 e. The fourth-order valence-electron chi connectivity index (χ4n) is 1.65. The molecule has 0 bridgehead atoms. The van der Waals surface area contributed by atoms with Gasteiger partial charge in [-0.05, 0) is 25.5 Å². The average Bonchev–Trinajstić information content (AvgIpc) is 2.47. The molecule has 0 saturated heterocycles. The van der Waals surface area contributed by atoms with Crippen LogP contribution in [0.15, 0.2) is 36.7 Å². The van der Waals surface area contributed by atoms with E-state index in [1.54, 1.807) is 6.07 Å². The van der Waals surface area contributed by atoms with Crippen molar-refractivity contribution in [1.29, 1.82) is 0 Å². The van der Waals surface area contributed by atoms with Gasteiger partial charge in [0.05, 0.1) is 6.61 Å². The van der Waals surface area contributed by atoms with E-state index in [0.717, 1.165) is 24.5 Å². The summed E-state index contributed by atoms with van der Waals surface area (Å²) in [5.74, 6) is 2.60. The van der Waals surface area contributed by atoms with Crippen molar-refractivity contribution in [3.63, 3.8) is 0 Å². The van der Waals surface area contributed by atoms with Gasteiger partial charge in [-0.25, -0.2) is 9.97 Å². The highest BCUT2D eigenvalue weighted by Crippen LogP contribution is 2.30. The summed E-state index contributed by atoms with van der Waals surface area (Å²) in [5, 5.41) is 3.12. The Balaban J connectivity index is 2.14. The molecule has 1 N–H and O–H groups in total. The number of rotatable bonds is 7. The molecule has 0 aliphatic heterocycles. The van der Waals surface area contributed by atoms with E-state index in [9.17, 15) is 0 Å². The summed E-state index contributed by atoms with van der Waals surface area (Å²) in [7, 11) is 0. The first-order valence-electron chi connectivity index (χ1n) is 6.79. The van der Waals surface area contributed by atoms with Crippen molar-refractivity contribution in [2.24, 2.45) is 0 Å². The highest BCUT2D eigenvalue weighted by molar-refractivity contribution is 5.43. The van der Waals surface area contributed by atoms with Gasteiger partial charge in [0.15, 0.2) is 11.5 Å². The molecule has 0 fully saturated rings. The number of anilines is 1. The summed E-state index contributed by atoms with van der Waals surface area (Å²) < 4.78 is 11.4. The molecule has 0 saturated carbocycles. The maximum absolute atomic E-state index is 5.78. The fourth-order valence-corrected chi connectivity index (χ4v) is 1.65. The van der Waals surface area contributed by atoms with E-state index in [1.165, 1.54) is 6.33 Å². The van der Waals surface area contributed by atoms with Crippen LogP contribution in [0.25, 0.3) is 0 Å². The second-order valence-corrected chi connectivity index (χ2v) is 4.17. The zero-order valence-electron chi connectivity index (χ0n) is 11.8. The average molecular weight is 273 g/mol. The molecule has 0 unspecified atom stereocenters. The van der Waals surface area contributed by atoms with Crippen molar-refractivity contribution < 1.29 is 9.47 Å². The van der Waals surface area contributed by atoms with Gasteiger partial charge in [0, 0.05) is 12.6 Å². The van der Waals surface area contributed by atoms with Crippen LogP contribution in [0.2, 0.25) is 0 Å². The Hall–Kier alpha value is -2.30. The van der Waals surface area contributed by atoms with Crippen molar-refractivity contribution in [1.82, 2.24) is 9.97 Å². The molecule has 0 radical (unpaired) electrons. The molecule has 2 rings (SSSR count). The largest absolute Gasteiger partial charge is 0.490 e. The summed E-state index contributed by atoms with van der Waals surface area (Å²) in [4.78, 5) is 8.22. The quantitative estimate of drug-likeness (QED) is 0.836. The summed E-state index contributed by atoms with van der Waals surface area (Å²) in [6.45, 7) is 5.53. The molecule has 0 spiro atoms. The van der Waals surface area contributed by atoms with Crippen LogP contribution in [0.4, 0.5) is 5.82 Å². The summed E-state index contributed by atoms with van der Waals surface area (Å²) >= 11 is 0. The molecular formula is C15H19N3O2. The van der Waals surface area contributed by atoms with Crippen LogP contribution in [0.3, 0.4) is 0 Å². The second kappa shape index (κ2) is 7.33. The Morgan fingerprint density at radius 3 is 2.65 bits per heavy atom. The van der Waals surface area contributed by atoms with E-state index in [0.29, 0.717) is 18.2 Å². The van der Waals surface area contributed by atoms with E-state index in [4.69, 9.17) is 9.47 Å². The Kier molecular flexibility index (Phi) is 5.17. The molecule has 5 nitrogen and oxygen atoms in total. The molecule has 20 heavy (non-hydrogen) atoms. The number of hydrogen-bond donors (Lipinski definition) is 1. The lowest BCUT2D eigenvalue weighted by molar-refractivity contribution is 0.300. The first kappa shape index (κ1) is 14.1. The highest BCUT2D eigenvalue weighted by Gasteiger charge is 2.07. The van der Waals surface area contributed by atoms with Crippen molar-refractivity contribution in [3.8, 4) is 17.4 Å². The Labute approximate surface area is 119 Å². The Morgan fingerprint density at radius 1 is 1.10 bits per heavy atom. The number of para-hydroxylation sites is 2. The van der Waals surface area contributed by atoms with Crippen LogP contribution in [-0.4, -0.2) is 23.1 Å². The minimum absolute atomic E-state index is 0.489. The smallest absolute Gasteiger partial charge is 0.224 e. The fraction of sp³-hybridized carbons (Fsp3) is 0.333. The molecule has 2 aromatic rings. The lowest BCUT2D eigenvalue weighted by atomic mass is 10.3. The monoisotopic (exact) mass is 273 g/mol. The molecule has 1 aromatic carbocycles. The van der Waals surface area contributed by atoms with Crippen LogP contribution in [0.1, 0.15) is 20.3 Å². The zero-order valence-corrected chi connectivity index (χ0v) is 11.8. The van der Waals surface area contributed by atoms with Crippen molar-refractivity contribution >= 4 is 5.82 Å². The predicted octanol–water partition coefficient (Wildman–Crippen LogP) is 3.49. The molecule has 1 aromatic heterocycles. The summed E-state index contributed by atoms with van der Waals surface area (Å²) in [6, 6.07) is 9.33. The van der Waals surface area contributed by atoms with Crippen LogP contribution in [0, 0.1) is 0 Å². The number of aromatic nitrogens is 2. The van der Waals surface area contributed by atoms with Gasteiger partial charge in [-0.3, -0.25) is 0 Å². The maximum atomic E-state index is 5.78. The van der Waals surface area contributed by atoms with Gasteiger partial charge >= 0.3 is 0 Å². The van der Waals surface area contributed by atoms with E-state index in [1.807, 2.05) is 31.2 Å². The van der Waals surface area contributed by atoms with Crippen LogP contribution in [-0.2, 0) is 0 Å². The predicted molar refractivity (Wildman–Crippen MR) is 78.5 cm³/mol. The summed E-state index contributed by atoms with van der Waals surface area (Å²) in [6.07, 6.45) is 2.43. The minimum Gasteiger partial charge on any atom is -0.490 e. The standard InChI is InChI=1S/C15H19N3O2/c1-3-9-19-12-7-5-6-8-13(12)20-15-10-14(16-4-2)17-11-18-15/h5-8,10-11H,3-4,9H2,1-2H3,(H,16,17,18). The number of ether oxygens (including phenoxy) is 2. The molecular weight excluding hydrogens is 254 g/mol.